The first kappa shape index (κ1) is 17.6. The van der Waals surface area contributed by atoms with Gasteiger partial charge in [-0.1, -0.05) is 6.07 Å². The van der Waals surface area contributed by atoms with E-state index in [-0.39, 0.29) is 12.1 Å². The van der Waals surface area contributed by atoms with Gasteiger partial charge in [0.2, 0.25) is 0 Å². The zero-order valence-electron chi connectivity index (χ0n) is 15.8. The molecule has 1 aromatic heterocycles. The molecule has 0 saturated carbocycles. The molecule has 7 heteroatoms. The maximum absolute atomic E-state index is 12.3. The van der Waals surface area contributed by atoms with Crippen LogP contribution in [0.2, 0.25) is 0 Å². The molecule has 7 nitrogen and oxygen atoms in total. The first-order chi connectivity index (χ1) is 12.8. The molecule has 0 spiro atoms. The maximum Gasteiger partial charge on any atom is 0.410 e. The molecule has 0 N–H and O–H groups in total. The molecule has 2 aliphatic rings. The topological polar surface area (TPSA) is 73.7 Å². The number of esters is 1. The Labute approximate surface area is 157 Å². The van der Waals surface area contributed by atoms with Gasteiger partial charge < -0.3 is 14.0 Å². The highest BCUT2D eigenvalue weighted by Crippen LogP contribution is 2.26. The predicted molar refractivity (Wildman–Crippen MR) is 98.3 cm³/mol. The van der Waals surface area contributed by atoms with E-state index in [1.54, 1.807) is 11.0 Å². The van der Waals surface area contributed by atoms with Gasteiger partial charge in [0.25, 0.3) is 0 Å². The predicted octanol–water partition coefficient (Wildman–Crippen LogP) is 3.01. The minimum Gasteiger partial charge on any atom is -0.462 e. The summed E-state index contributed by atoms with van der Waals surface area (Å²) in [6, 6.07) is 5.71. The van der Waals surface area contributed by atoms with Gasteiger partial charge in [0, 0.05) is 31.3 Å². The van der Waals surface area contributed by atoms with Crippen molar-refractivity contribution in [2.45, 2.75) is 45.9 Å². The zero-order valence-corrected chi connectivity index (χ0v) is 15.8. The highest BCUT2D eigenvalue weighted by molar-refractivity contribution is 5.92. The number of carbonyl (C=O) groups is 2. The molecular weight excluding hydrogens is 346 g/mol. The standard InChI is InChI=1S/C20H23N3O4/c1-20(2,3)27-19(25)23-8-7-22-11-16(21-17(22)12-23)14-4-5-15-13(10-14)6-9-26-18(15)24/h4-5,10-11H,6-9,12H2,1-3H3. The van der Waals surface area contributed by atoms with Crippen LogP contribution >= 0.6 is 0 Å². The van der Waals surface area contributed by atoms with Gasteiger partial charge in [-0.25, -0.2) is 14.6 Å². The van der Waals surface area contributed by atoms with Gasteiger partial charge in [-0.3, -0.25) is 4.90 Å². The van der Waals surface area contributed by atoms with Crippen molar-refractivity contribution in [2.75, 3.05) is 13.2 Å². The fraction of sp³-hybridized carbons (Fsp3) is 0.450. The number of carbonyl (C=O) groups excluding carboxylic acids is 2. The second kappa shape index (κ2) is 6.40. The number of cyclic esters (lactones) is 1. The number of benzene rings is 1. The lowest BCUT2D eigenvalue weighted by molar-refractivity contribution is 0.0195. The molecule has 142 valence electrons. The lowest BCUT2D eigenvalue weighted by Crippen LogP contribution is -2.41. The quantitative estimate of drug-likeness (QED) is 0.723. The molecule has 27 heavy (non-hydrogen) atoms. The van der Waals surface area contributed by atoms with Gasteiger partial charge in [-0.05, 0) is 38.5 Å². The summed E-state index contributed by atoms with van der Waals surface area (Å²) < 4.78 is 12.6. The van der Waals surface area contributed by atoms with E-state index in [1.807, 2.05) is 39.1 Å². The highest BCUT2D eigenvalue weighted by Gasteiger charge is 2.27. The van der Waals surface area contributed by atoms with Crippen molar-refractivity contribution in [1.82, 2.24) is 14.5 Å². The smallest absolute Gasteiger partial charge is 0.410 e. The summed E-state index contributed by atoms with van der Waals surface area (Å²) in [5.41, 5.74) is 2.92. The van der Waals surface area contributed by atoms with E-state index in [9.17, 15) is 9.59 Å². The molecule has 0 unspecified atom stereocenters. The van der Waals surface area contributed by atoms with E-state index in [1.165, 1.54) is 0 Å². The lowest BCUT2D eigenvalue weighted by Gasteiger charge is -2.30. The van der Waals surface area contributed by atoms with Crippen molar-refractivity contribution in [3.8, 4) is 11.3 Å². The van der Waals surface area contributed by atoms with Crippen LogP contribution in [-0.4, -0.2) is 45.3 Å². The number of fused-ring (bicyclic) bond motifs is 2. The van der Waals surface area contributed by atoms with Crippen LogP contribution in [0.5, 0.6) is 0 Å². The molecule has 1 aromatic carbocycles. The minimum absolute atomic E-state index is 0.264. The Morgan fingerprint density at radius 2 is 2.07 bits per heavy atom. The maximum atomic E-state index is 12.3. The summed E-state index contributed by atoms with van der Waals surface area (Å²) in [4.78, 5) is 30.5. The molecular formula is C20H23N3O4. The molecule has 1 amide bonds. The number of amides is 1. The van der Waals surface area contributed by atoms with Crippen LogP contribution in [0.1, 0.15) is 42.5 Å². The molecule has 0 radical (unpaired) electrons. The van der Waals surface area contributed by atoms with Gasteiger partial charge in [-0.2, -0.15) is 0 Å². The van der Waals surface area contributed by atoms with Crippen molar-refractivity contribution >= 4 is 12.1 Å². The third-order valence-corrected chi connectivity index (χ3v) is 4.68. The van der Waals surface area contributed by atoms with E-state index in [2.05, 4.69) is 4.57 Å². The average molecular weight is 369 g/mol. The Hall–Kier alpha value is -2.83. The van der Waals surface area contributed by atoms with Crippen LogP contribution in [0.25, 0.3) is 11.3 Å². The number of ether oxygens (including phenoxy) is 2. The van der Waals surface area contributed by atoms with Crippen LogP contribution in [0.4, 0.5) is 4.79 Å². The Morgan fingerprint density at radius 1 is 1.26 bits per heavy atom. The number of imidazole rings is 1. The Kier molecular flexibility index (Phi) is 4.17. The third kappa shape index (κ3) is 3.54. The van der Waals surface area contributed by atoms with Gasteiger partial charge in [0.1, 0.15) is 11.4 Å². The summed E-state index contributed by atoms with van der Waals surface area (Å²) in [6.07, 6.45) is 2.41. The minimum atomic E-state index is -0.514. The summed E-state index contributed by atoms with van der Waals surface area (Å²) >= 11 is 0. The van der Waals surface area contributed by atoms with Crippen molar-refractivity contribution in [3.63, 3.8) is 0 Å². The third-order valence-electron chi connectivity index (χ3n) is 4.68. The number of hydrogen-bond donors (Lipinski definition) is 0. The van der Waals surface area contributed by atoms with E-state index in [0.717, 1.165) is 29.1 Å². The molecule has 4 rings (SSSR count). The number of nitrogens with zero attached hydrogens (tertiary/aromatic N) is 3. The monoisotopic (exact) mass is 369 g/mol. The van der Waals surface area contributed by atoms with Crippen molar-refractivity contribution in [2.24, 2.45) is 0 Å². The highest BCUT2D eigenvalue weighted by atomic mass is 16.6. The Balaban J connectivity index is 1.55. The Morgan fingerprint density at radius 3 is 2.85 bits per heavy atom. The lowest BCUT2D eigenvalue weighted by atomic mass is 9.99. The van der Waals surface area contributed by atoms with Crippen molar-refractivity contribution < 1.29 is 19.1 Å². The van der Waals surface area contributed by atoms with Crippen LogP contribution < -0.4 is 0 Å². The van der Waals surface area contributed by atoms with E-state index >= 15 is 0 Å². The second-order valence-electron chi connectivity index (χ2n) is 7.90. The summed E-state index contributed by atoms with van der Waals surface area (Å²) in [6.45, 7) is 7.69. The zero-order chi connectivity index (χ0) is 19.2. The van der Waals surface area contributed by atoms with E-state index in [0.29, 0.717) is 31.8 Å². The van der Waals surface area contributed by atoms with Gasteiger partial charge >= 0.3 is 12.1 Å². The normalized spacial score (nSPS) is 16.4. The van der Waals surface area contributed by atoms with Crippen molar-refractivity contribution in [3.05, 3.63) is 41.3 Å². The van der Waals surface area contributed by atoms with Gasteiger partial charge in [-0.15, -0.1) is 0 Å². The number of aromatic nitrogens is 2. The summed E-state index contributed by atoms with van der Waals surface area (Å²) in [7, 11) is 0. The fourth-order valence-electron chi connectivity index (χ4n) is 3.36. The molecule has 0 aliphatic carbocycles. The SMILES string of the molecule is CC(C)(C)OC(=O)N1CCn2cc(-c3ccc4c(c3)CCOC4=O)nc2C1. The summed E-state index contributed by atoms with van der Waals surface area (Å²) in [5, 5.41) is 0. The molecule has 0 saturated heterocycles. The molecule has 2 aromatic rings. The van der Waals surface area contributed by atoms with Gasteiger partial charge in [0.15, 0.2) is 0 Å². The first-order valence-electron chi connectivity index (χ1n) is 9.14. The molecule has 0 bridgehead atoms. The fourth-order valence-corrected chi connectivity index (χ4v) is 3.36. The largest absolute Gasteiger partial charge is 0.462 e. The Bertz CT molecular complexity index is 910. The average Bonchev–Trinajstić information content (AvgIpc) is 3.03. The van der Waals surface area contributed by atoms with Crippen LogP contribution in [0.3, 0.4) is 0 Å². The van der Waals surface area contributed by atoms with E-state index in [4.69, 9.17) is 14.5 Å². The first-order valence-corrected chi connectivity index (χ1v) is 9.14. The van der Waals surface area contributed by atoms with Gasteiger partial charge in [0.05, 0.1) is 24.4 Å². The molecule has 2 aliphatic heterocycles. The van der Waals surface area contributed by atoms with Crippen LogP contribution in [0.15, 0.2) is 24.4 Å². The summed E-state index contributed by atoms with van der Waals surface area (Å²) in [5.74, 6) is 0.569. The second-order valence-corrected chi connectivity index (χ2v) is 7.90. The molecule has 0 fully saturated rings. The molecule has 0 atom stereocenters. The van der Waals surface area contributed by atoms with E-state index < -0.39 is 5.60 Å². The number of hydrogen-bond acceptors (Lipinski definition) is 5. The number of rotatable bonds is 1. The van der Waals surface area contributed by atoms with Crippen molar-refractivity contribution in [1.29, 1.82) is 0 Å². The van der Waals surface area contributed by atoms with Crippen LogP contribution in [-0.2, 0) is 29.0 Å². The molecule has 3 heterocycles. The van der Waals surface area contributed by atoms with Crippen LogP contribution in [0, 0.1) is 0 Å².